The molecule has 41 heavy (non-hydrogen) atoms. The second kappa shape index (κ2) is 13.3. The first-order chi connectivity index (χ1) is 19.6. The first-order valence-electron chi connectivity index (χ1n) is 13.3. The maximum atomic E-state index is 13.8. The highest BCUT2D eigenvalue weighted by molar-refractivity contribution is 5.78. The Hall–Kier alpha value is -4.36. The largest absolute Gasteiger partial charge is 0.492 e. The third-order valence-electron chi connectivity index (χ3n) is 6.45. The third-order valence-corrected chi connectivity index (χ3v) is 6.45. The van der Waals surface area contributed by atoms with Crippen molar-refractivity contribution in [1.29, 1.82) is 0 Å². The zero-order valence-corrected chi connectivity index (χ0v) is 22.9. The van der Waals surface area contributed by atoms with Crippen molar-refractivity contribution in [3.05, 3.63) is 60.3 Å². The van der Waals surface area contributed by atoms with E-state index in [1.165, 1.54) is 23.3 Å². The van der Waals surface area contributed by atoms with Crippen LogP contribution in [0.1, 0.15) is 31.0 Å². The lowest BCUT2D eigenvalue weighted by Crippen LogP contribution is -2.58. The predicted octanol–water partition coefficient (Wildman–Crippen LogP) is 3.19. The van der Waals surface area contributed by atoms with E-state index in [1.807, 2.05) is 38.1 Å². The number of imidazole rings is 1. The number of anilines is 1. The van der Waals surface area contributed by atoms with Crippen LogP contribution < -0.4 is 20.3 Å². The smallest absolute Gasteiger partial charge is 0.433 e. The molecule has 220 valence electrons. The van der Waals surface area contributed by atoms with Crippen molar-refractivity contribution in [2.45, 2.75) is 38.9 Å². The van der Waals surface area contributed by atoms with Crippen LogP contribution in [0, 0.1) is 6.92 Å². The molecule has 0 saturated carbocycles. The number of piperazine rings is 1. The van der Waals surface area contributed by atoms with Crippen molar-refractivity contribution in [3.63, 3.8) is 0 Å². The van der Waals surface area contributed by atoms with Gasteiger partial charge in [0.1, 0.15) is 24.5 Å². The maximum Gasteiger partial charge on any atom is 0.433 e. The van der Waals surface area contributed by atoms with Gasteiger partial charge >= 0.3 is 12.2 Å². The summed E-state index contributed by atoms with van der Waals surface area (Å²) in [6.45, 7) is 5.39. The van der Waals surface area contributed by atoms with E-state index in [9.17, 15) is 22.8 Å². The summed E-state index contributed by atoms with van der Waals surface area (Å²) in [7, 11) is 0. The molecule has 0 spiro atoms. The number of hydrogen-bond donors (Lipinski definition) is 2. The molecule has 1 aromatic carbocycles. The molecule has 2 aromatic heterocycles. The summed E-state index contributed by atoms with van der Waals surface area (Å²) in [5.74, 6) is 0.148. The Bertz CT molecular complexity index is 1300. The Labute approximate surface area is 235 Å². The molecule has 3 amide bonds. The Kier molecular flexibility index (Phi) is 9.63. The van der Waals surface area contributed by atoms with Gasteiger partial charge in [0.05, 0.1) is 12.6 Å². The molecular formula is C27H33F3N8O3. The fourth-order valence-electron chi connectivity index (χ4n) is 4.35. The van der Waals surface area contributed by atoms with Crippen LogP contribution in [0.3, 0.4) is 0 Å². The summed E-state index contributed by atoms with van der Waals surface area (Å²) in [6.07, 6.45) is 0.109. The lowest BCUT2D eigenvalue weighted by atomic mass is 10.1. The molecule has 1 unspecified atom stereocenters. The number of urea groups is 1. The summed E-state index contributed by atoms with van der Waals surface area (Å²) in [4.78, 5) is 40.7. The number of hydrogen-bond acceptors (Lipinski definition) is 7. The van der Waals surface area contributed by atoms with E-state index in [2.05, 4.69) is 25.6 Å². The lowest BCUT2D eigenvalue weighted by Gasteiger charge is -2.42. The minimum absolute atomic E-state index is 0.00476. The molecule has 1 saturated heterocycles. The minimum Gasteiger partial charge on any atom is -0.492 e. The molecule has 2 N–H and O–H groups in total. The van der Waals surface area contributed by atoms with Gasteiger partial charge in [-0.05, 0) is 25.5 Å². The maximum absolute atomic E-state index is 13.8. The Morgan fingerprint density at radius 2 is 1.88 bits per heavy atom. The minimum atomic E-state index is -4.72. The van der Waals surface area contributed by atoms with Crippen LogP contribution in [0.4, 0.5) is 23.8 Å². The van der Waals surface area contributed by atoms with Crippen LogP contribution in [0.5, 0.6) is 5.75 Å². The lowest BCUT2D eigenvalue weighted by molar-refractivity contribution is -0.141. The quantitative estimate of drug-likeness (QED) is 0.357. The number of ether oxygens (including phenoxy) is 1. The van der Waals surface area contributed by atoms with Crippen LogP contribution in [-0.2, 0) is 11.0 Å². The molecule has 11 nitrogen and oxygen atoms in total. The van der Waals surface area contributed by atoms with Gasteiger partial charge < -0.3 is 25.2 Å². The van der Waals surface area contributed by atoms with Crippen molar-refractivity contribution < 1.29 is 27.5 Å². The average Bonchev–Trinajstić information content (AvgIpc) is 3.49. The number of benzene rings is 1. The molecular weight excluding hydrogens is 541 g/mol. The first-order valence-corrected chi connectivity index (χ1v) is 13.3. The summed E-state index contributed by atoms with van der Waals surface area (Å²) in [5.41, 5.74) is -0.0194. The SMILES string of the molecule is CCCNC(=O)N1CCN(c2cc(C(F)(F)F)nc(-n3ccnc3)n2)C(CC(=O)NCCOc2ccc(C)cc2)C1. The van der Waals surface area contributed by atoms with Gasteiger partial charge in [-0.25, -0.2) is 14.8 Å². The fraction of sp³-hybridized carbons (Fsp3) is 0.444. The Morgan fingerprint density at radius 1 is 1.10 bits per heavy atom. The van der Waals surface area contributed by atoms with E-state index in [1.54, 1.807) is 9.80 Å². The number of aryl methyl sites for hydroxylation is 1. The molecule has 0 aliphatic carbocycles. The number of aromatic nitrogens is 4. The van der Waals surface area contributed by atoms with Crippen LogP contribution in [0.15, 0.2) is 49.1 Å². The number of nitrogens with zero attached hydrogens (tertiary/aromatic N) is 6. The van der Waals surface area contributed by atoms with E-state index < -0.39 is 17.9 Å². The molecule has 14 heteroatoms. The topological polar surface area (TPSA) is 118 Å². The monoisotopic (exact) mass is 574 g/mol. The standard InChI is InChI=1S/C27H33F3N8O3/c1-3-8-33-26(40)36-12-13-38(23-16-22(27(28,29)30)34-25(35-23)37-11-9-31-18-37)20(17-36)15-24(39)32-10-14-41-21-6-4-19(2)5-7-21/h4-7,9,11,16,18,20H,3,8,10,12-15,17H2,1-2H3,(H,32,39)(H,33,40). The number of alkyl halides is 3. The number of carbonyl (C=O) groups excluding carboxylic acids is 2. The van der Waals surface area contributed by atoms with Crippen molar-refractivity contribution in [3.8, 4) is 11.7 Å². The molecule has 0 bridgehead atoms. The highest BCUT2D eigenvalue weighted by Gasteiger charge is 2.37. The van der Waals surface area contributed by atoms with Gasteiger partial charge in [-0.2, -0.15) is 18.2 Å². The van der Waals surface area contributed by atoms with E-state index in [0.29, 0.717) is 12.3 Å². The first kappa shape index (κ1) is 29.6. The second-order valence-corrected chi connectivity index (χ2v) is 9.62. The molecule has 0 radical (unpaired) electrons. The van der Waals surface area contributed by atoms with Crippen molar-refractivity contribution >= 4 is 17.8 Å². The number of halogens is 3. The molecule has 1 aliphatic rings. The number of rotatable bonds is 10. The van der Waals surface area contributed by atoms with Crippen LogP contribution in [0.25, 0.3) is 5.95 Å². The summed E-state index contributed by atoms with van der Waals surface area (Å²) < 4.78 is 48.3. The summed E-state index contributed by atoms with van der Waals surface area (Å²) in [5, 5.41) is 5.61. The molecule has 1 fully saturated rings. The van der Waals surface area contributed by atoms with E-state index in [-0.39, 0.29) is 62.9 Å². The van der Waals surface area contributed by atoms with Crippen molar-refractivity contribution in [2.75, 3.05) is 44.2 Å². The molecule has 3 aromatic rings. The molecule has 1 atom stereocenters. The van der Waals surface area contributed by atoms with Crippen molar-refractivity contribution in [1.82, 2.24) is 35.1 Å². The van der Waals surface area contributed by atoms with Crippen LogP contribution in [0.2, 0.25) is 0 Å². The van der Waals surface area contributed by atoms with Gasteiger partial charge in [-0.1, -0.05) is 24.6 Å². The molecule has 3 heterocycles. The third kappa shape index (κ3) is 8.08. The number of amides is 3. The zero-order chi connectivity index (χ0) is 29.4. The van der Waals surface area contributed by atoms with Gasteiger partial charge in [-0.3, -0.25) is 9.36 Å². The number of nitrogens with one attached hydrogen (secondary N) is 2. The fourth-order valence-corrected chi connectivity index (χ4v) is 4.35. The van der Waals surface area contributed by atoms with Crippen molar-refractivity contribution in [2.24, 2.45) is 0 Å². The van der Waals surface area contributed by atoms with Gasteiger partial charge in [-0.15, -0.1) is 0 Å². The number of carbonyl (C=O) groups is 2. The van der Waals surface area contributed by atoms with Gasteiger partial charge in [0.15, 0.2) is 5.69 Å². The van der Waals surface area contributed by atoms with Gasteiger partial charge in [0.25, 0.3) is 0 Å². The van der Waals surface area contributed by atoms with Gasteiger partial charge in [0.2, 0.25) is 11.9 Å². The normalized spacial score (nSPS) is 15.5. The molecule has 4 rings (SSSR count). The summed E-state index contributed by atoms with van der Waals surface area (Å²) >= 11 is 0. The Morgan fingerprint density at radius 3 is 2.56 bits per heavy atom. The second-order valence-electron chi connectivity index (χ2n) is 9.62. The zero-order valence-electron chi connectivity index (χ0n) is 22.9. The van der Waals surface area contributed by atoms with Crippen LogP contribution in [-0.4, -0.2) is 81.7 Å². The summed E-state index contributed by atoms with van der Waals surface area (Å²) in [6, 6.07) is 7.46. The highest BCUT2D eigenvalue weighted by atomic mass is 19.4. The van der Waals surface area contributed by atoms with Crippen LogP contribution >= 0.6 is 0 Å². The molecule has 1 aliphatic heterocycles. The highest BCUT2D eigenvalue weighted by Crippen LogP contribution is 2.31. The predicted molar refractivity (Wildman–Crippen MR) is 145 cm³/mol. The van der Waals surface area contributed by atoms with E-state index in [0.717, 1.165) is 18.1 Å². The van der Waals surface area contributed by atoms with E-state index >= 15 is 0 Å². The van der Waals surface area contributed by atoms with E-state index in [4.69, 9.17) is 4.74 Å². The van der Waals surface area contributed by atoms with Gasteiger partial charge in [0, 0.05) is 51.1 Å². The Balaban J connectivity index is 1.51. The average molecular weight is 575 g/mol.